The molecule has 1 aromatic carbocycles. The van der Waals surface area contributed by atoms with Crippen LogP contribution in [0.2, 0.25) is 0 Å². The minimum absolute atomic E-state index is 0.181. The van der Waals surface area contributed by atoms with Crippen molar-refractivity contribution in [3.63, 3.8) is 0 Å². The lowest BCUT2D eigenvalue weighted by Crippen LogP contribution is -2.40. The number of hydrogen-bond acceptors (Lipinski definition) is 2. The highest BCUT2D eigenvalue weighted by Crippen LogP contribution is 2.17. The van der Waals surface area contributed by atoms with Gasteiger partial charge in [-0.2, -0.15) is 0 Å². The zero-order valence-electron chi connectivity index (χ0n) is 8.14. The Bertz CT molecular complexity index is 414. The second kappa shape index (κ2) is 3.73. The van der Waals surface area contributed by atoms with E-state index in [1.165, 1.54) is 4.90 Å². The number of carboxylic acids is 1. The van der Waals surface area contributed by atoms with Crippen molar-refractivity contribution in [2.75, 3.05) is 13.1 Å². The molecule has 0 radical (unpaired) electrons. The topological polar surface area (TPSA) is 57.6 Å². The van der Waals surface area contributed by atoms with E-state index < -0.39 is 5.97 Å². The van der Waals surface area contributed by atoms with E-state index in [1.54, 1.807) is 12.1 Å². The zero-order chi connectivity index (χ0) is 10.8. The first-order valence-electron chi connectivity index (χ1n) is 4.77. The molecule has 0 atom stereocenters. The molecule has 0 aliphatic carbocycles. The Morgan fingerprint density at radius 1 is 1.40 bits per heavy atom. The van der Waals surface area contributed by atoms with E-state index >= 15 is 0 Å². The fraction of sp³-hybridized carbons (Fsp3) is 0.273. The molecular weight excluding hydrogens is 194 g/mol. The first-order valence-corrected chi connectivity index (χ1v) is 4.77. The first kappa shape index (κ1) is 9.71. The number of nitrogens with zero attached hydrogens (tertiary/aromatic N) is 1. The van der Waals surface area contributed by atoms with E-state index in [4.69, 9.17) is 5.11 Å². The molecule has 1 aromatic rings. The second-order valence-corrected chi connectivity index (χ2v) is 3.53. The Hall–Kier alpha value is -1.84. The number of carbonyl (C=O) groups excluding carboxylic acids is 1. The van der Waals surface area contributed by atoms with Crippen LogP contribution >= 0.6 is 0 Å². The van der Waals surface area contributed by atoms with E-state index in [1.807, 2.05) is 12.1 Å². The van der Waals surface area contributed by atoms with Gasteiger partial charge < -0.3 is 10.0 Å². The van der Waals surface area contributed by atoms with E-state index in [-0.39, 0.29) is 12.5 Å². The summed E-state index contributed by atoms with van der Waals surface area (Å²) < 4.78 is 0. The number of aliphatic carboxylic acids is 1. The summed E-state index contributed by atoms with van der Waals surface area (Å²) in [7, 11) is 0. The van der Waals surface area contributed by atoms with Gasteiger partial charge in [-0.25, -0.2) is 0 Å². The number of carboxylic acid groups (broad SMARTS) is 1. The number of carbonyl (C=O) groups is 2. The fourth-order valence-electron chi connectivity index (χ4n) is 1.79. The van der Waals surface area contributed by atoms with Gasteiger partial charge in [-0.05, 0) is 18.1 Å². The van der Waals surface area contributed by atoms with Crippen molar-refractivity contribution < 1.29 is 14.7 Å². The van der Waals surface area contributed by atoms with Crippen molar-refractivity contribution in [2.24, 2.45) is 0 Å². The molecule has 4 heteroatoms. The second-order valence-electron chi connectivity index (χ2n) is 3.53. The number of fused-ring (bicyclic) bond motifs is 1. The van der Waals surface area contributed by atoms with E-state index in [9.17, 15) is 9.59 Å². The maximum atomic E-state index is 11.8. The molecule has 1 amide bonds. The number of rotatable bonds is 2. The van der Waals surface area contributed by atoms with Gasteiger partial charge in [0.25, 0.3) is 5.91 Å². The average molecular weight is 205 g/mol. The largest absolute Gasteiger partial charge is 0.480 e. The predicted octanol–water partition coefficient (Wildman–Crippen LogP) is 0.769. The minimum Gasteiger partial charge on any atom is -0.480 e. The molecule has 0 bridgehead atoms. The molecule has 0 aromatic heterocycles. The van der Waals surface area contributed by atoms with Gasteiger partial charge in [0.1, 0.15) is 6.54 Å². The summed E-state index contributed by atoms with van der Waals surface area (Å²) in [6.07, 6.45) is 0.731. The summed E-state index contributed by atoms with van der Waals surface area (Å²) >= 11 is 0. The summed E-state index contributed by atoms with van der Waals surface area (Å²) in [6, 6.07) is 7.33. The van der Waals surface area contributed by atoms with Crippen LogP contribution in [0, 0.1) is 0 Å². The lowest BCUT2D eigenvalue weighted by atomic mass is 9.99. The predicted molar refractivity (Wildman–Crippen MR) is 53.7 cm³/mol. The number of amides is 1. The third-order valence-corrected chi connectivity index (χ3v) is 2.51. The van der Waals surface area contributed by atoms with Gasteiger partial charge in [-0.3, -0.25) is 9.59 Å². The van der Waals surface area contributed by atoms with Gasteiger partial charge in [-0.15, -0.1) is 0 Å². The zero-order valence-corrected chi connectivity index (χ0v) is 8.14. The van der Waals surface area contributed by atoms with Crippen LogP contribution < -0.4 is 0 Å². The van der Waals surface area contributed by atoms with Crippen LogP contribution in [0.15, 0.2) is 24.3 Å². The van der Waals surface area contributed by atoms with Crippen LogP contribution in [0.3, 0.4) is 0 Å². The highest BCUT2D eigenvalue weighted by molar-refractivity contribution is 5.98. The van der Waals surface area contributed by atoms with Gasteiger partial charge in [0, 0.05) is 12.1 Å². The third-order valence-electron chi connectivity index (χ3n) is 2.51. The Balaban J connectivity index is 2.26. The molecular formula is C11H11NO3. The van der Waals surface area contributed by atoms with Gasteiger partial charge in [0.05, 0.1) is 0 Å². The first-order chi connectivity index (χ1) is 7.18. The van der Waals surface area contributed by atoms with E-state index in [2.05, 4.69) is 0 Å². The van der Waals surface area contributed by atoms with Crippen LogP contribution in [0.25, 0.3) is 0 Å². The number of hydrogen-bond donors (Lipinski definition) is 1. The van der Waals surface area contributed by atoms with Crippen molar-refractivity contribution in [2.45, 2.75) is 6.42 Å². The molecule has 1 heterocycles. The maximum absolute atomic E-state index is 11.8. The van der Waals surface area contributed by atoms with Gasteiger partial charge in [0.15, 0.2) is 0 Å². The van der Waals surface area contributed by atoms with E-state index in [0.29, 0.717) is 12.1 Å². The maximum Gasteiger partial charge on any atom is 0.323 e. The number of benzene rings is 1. The molecule has 0 spiro atoms. The Labute approximate surface area is 87.1 Å². The van der Waals surface area contributed by atoms with Crippen molar-refractivity contribution in [1.29, 1.82) is 0 Å². The molecule has 1 aliphatic heterocycles. The summed E-state index contributed by atoms with van der Waals surface area (Å²) in [5.41, 5.74) is 1.63. The molecule has 0 saturated heterocycles. The lowest BCUT2D eigenvalue weighted by molar-refractivity contribution is -0.137. The molecule has 1 N–H and O–H groups in total. The molecule has 0 unspecified atom stereocenters. The van der Waals surface area contributed by atoms with Crippen molar-refractivity contribution in [3.8, 4) is 0 Å². The highest BCUT2D eigenvalue weighted by Gasteiger charge is 2.24. The van der Waals surface area contributed by atoms with Crippen molar-refractivity contribution in [3.05, 3.63) is 35.4 Å². The molecule has 1 aliphatic rings. The SMILES string of the molecule is O=C(O)CN1CCc2ccccc2C1=O. The van der Waals surface area contributed by atoms with Crippen molar-refractivity contribution >= 4 is 11.9 Å². The summed E-state index contributed by atoms with van der Waals surface area (Å²) in [5.74, 6) is -1.15. The Morgan fingerprint density at radius 2 is 2.13 bits per heavy atom. The molecule has 78 valence electrons. The van der Waals surface area contributed by atoms with Gasteiger partial charge >= 0.3 is 5.97 Å². The summed E-state index contributed by atoms with van der Waals surface area (Å²) in [4.78, 5) is 23.7. The minimum atomic E-state index is -0.970. The fourth-order valence-corrected chi connectivity index (χ4v) is 1.79. The monoisotopic (exact) mass is 205 g/mol. The lowest BCUT2D eigenvalue weighted by Gasteiger charge is -2.26. The van der Waals surface area contributed by atoms with Crippen molar-refractivity contribution in [1.82, 2.24) is 4.90 Å². The smallest absolute Gasteiger partial charge is 0.323 e. The molecule has 15 heavy (non-hydrogen) atoms. The van der Waals surface area contributed by atoms with Gasteiger partial charge in [-0.1, -0.05) is 18.2 Å². The van der Waals surface area contributed by atoms with Crippen LogP contribution in [0.5, 0.6) is 0 Å². The molecule has 4 nitrogen and oxygen atoms in total. The van der Waals surface area contributed by atoms with Crippen LogP contribution in [0.4, 0.5) is 0 Å². The summed E-state index contributed by atoms with van der Waals surface area (Å²) in [5, 5.41) is 8.64. The third kappa shape index (κ3) is 1.83. The highest BCUT2D eigenvalue weighted by atomic mass is 16.4. The van der Waals surface area contributed by atoms with Crippen LogP contribution in [0.1, 0.15) is 15.9 Å². The average Bonchev–Trinajstić information content (AvgIpc) is 2.22. The van der Waals surface area contributed by atoms with Crippen LogP contribution in [-0.2, 0) is 11.2 Å². The molecule has 0 fully saturated rings. The standard InChI is InChI=1S/C11H11NO3/c13-10(14)7-12-6-5-8-3-1-2-4-9(8)11(12)15/h1-4H,5-7H2,(H,13,14). The normalized spacial score (nSPS) is 14.9. The van der Waals surface area contributed by atoms with Gasteiger partial charge in [0.2, 0.25) is 0 Å². The van der Waals surface area contributed by atoms with E-state index in [0.717, 1.165) is 12.0 Å². The summed E-state index contributed by atoms with van der Waals surface area (Å²) in [6.45, 7) is 0.273. The van der Waals surface area contributed by atoms with Crippen LogP contribution in [-0.4, -0.2) is 35.0 Å². The molecule has 2 rings (SSSR count). The quantitative estimate of drug-likeness (QED) is 0.775. The Morgan fingerprint density at radius 3 is 2.87 bits per heavy atom. The Kier molecular flexibility index (Phi) is 2.41. The molecule has 0 saturated carbocycles.